The van der Waals surface area contributed by atoms with E-state index in [2.05, 4.69) is 12.1 Å². The van der Waals surface area contributed by atoms with Gasteiger partial charge in [0.2, 0.25) is 0 Å². The molecule has 1 aliphatic heterocycles. The molecule has 1 saturated carbocycles. The van der Waals surface area contributed by atoms with Crippen LogP contribution in [0.3, 0.4) is 0 Å². The van der Waals surface area contributed by atoms with Crippen molar-refractivity contribution in [2.75, 3.05) is 13.2 Å². The van der Waals surface area contributed by atoms with Gasteiger partial charge in [0, 0.05) is 12.0 Å². The second-order valence-corrected chi connectivity index (χ2v) is 6.02. The Bertz CT molecular complexity index is 433. The number of aliphatic hydroxyl groups excluding tert-OH is 1. The van der Waals surface area contributed by atoms with Crippen LogP contribution in [-0.4, -0.2) is 30.2 Å². The van der Waals surface area contributed by atoms with Crippen molar-refractivity contribution in [3.05, 3.63) is 11.6 Å². The molecular weight excluding hydrogens is 242 g/mol. The lowest BCUT2D eigenvalue weighted by molar-refractivity contribution is -0.147. The fourth-order valence-electron chi connectivity index (χ4n) is 3.87. The average Bonchev–Trinajstić information content (AvgIpc) is 2.92. The summed E-state index contributed by atoms with van der Waals surface area (Å²) in [4.78, 5) is 0. The van der Waals surface area contributed by atoms with Gasteiger partial charge in [-0.2, -0.15) is 5.26 Å². The Morgan fingerprint density at radius 2 is 2.26 bits per heavy atom. The summed E-state index contributed by atoms with van der Waals surface area (Å²) in [6, 6.07) is 2.26. The fraction of sp³-hybridized carbons (Fsp3) is 0.800. The van der Waals surface area contributed by atoms with E-state index in [1.54, 1.807) is 0 Å². The van der Waals surface area contributed by atoms with Gasteiger partial charge >= 0.3 is 0 Å². The number of fused-ring (bicyclic) bond motifs is 1. The zero-order chi connectivity index (χ0) is 13.5. The van der Waals surface area contributed by atoms with Gasteiger partial charge in [0.25, 0.3) is 0 Å². The summed E-state index contributed by atoms with van der Waals surface area (Å²) in [7, 11) is 0. The highest BCUT2D eigenvalue weighted by molar-refractivity contribution is 5.45. The van der Waals surface area contributed by atoms with Crippen LogP contribution < -0.4 is 0 Å². The standard InChI is InChI=1S/C15H21NO3/c1-2-18-13(17)12(8-16)15-7-11(15)9-19-14(10-15)5-3-4-6-14/h7,12-13,17H,2-6,9-10H2,1H3. The molecule has 3 unspecified atom stereocenters. The van der Waals surface area contributed by atoms with Gasteiger partial charge in [-0.15, -0.1) is 0 Å². The summed E-state index contributed by atoms with van der Waals surface area (Å²) in [6.07, 6.45) is 6.54. The maximum absolute atomic E-state index is 10.1. The summed E-state index contributed by atoms with van der Waals surface area (Å²) in [5.41, 5.74) is 0.860. The minimum Gasteiger partial charge on any atom is -0.371 e. The Hall–Kier alpha value is -0.890. The third kappa shape index (κ3) is 2.01. The van der Waals surface area contributed by atoms with Gasteiger partial charge in [-0.1, -0.05) is 18.9 Å². The van der Waals surface area contributed by atoms with Crippen molar-refractivity contribution >= 4 is 0 Å². The van der Waals surface area contributed by atoms with E-state index in [9.17, 15) is 10.4 Å². The second-order valence-electron chi connectivity index (χ2n) is 6.02. The van der Waals surface area contributed by atoms with Crippen LogP contribution in [0.1, 0.15) is 39.0 Å². The number of hydrogen-bond acceptors (Lipinski definition) is 4. The van der Waals surface area contributed by atoms with Gasteiger partial charge in [0.15, 0.2) is 6.29 Å². The third-order valence-electron chi connectivity index (χ3n) is 4.93. The molecule has 3 rings (SSSR count). The molecule has 0 amide bonds. The number of ether oxygens (including phenoxy) is 2. The average molecular weight is 263 g/mol. The lowest BCUT2D eigenvalue weighted by Gasteiger charge is -2.41. The molecule has 104 valence electrons. The van der Waals surface area contributed by atoms with Crippen LogP contribution in [0, 0.1) is 22.7 Å². The highest BCUT2D eigenvalue weighted by atomic mass is 16.6. The van der Waals surface area contributed by atoms with E-state index in [0.717, 1.165) is 19.3 Å². The number of nitrogens with zero attached hydrogens (tertiary/aromatic N) is 1. The van der Waals surface area contributed by atoms with Crippen LogP contribution in [0.25, 0.3) is 0 Å². The van der Waals surface area contributed by atoms with Crippen LogP contribution in [0.2, 0.25) is 0 Å². The number of allylic oxidation sites excluding steroid dienone is 1. The van der Waals surface area contributed by atoms with E-state index in [0.29, 0.717) is 13.2 Å². The summed E-state index contributed by atoms with van der Waals surface area (Å²) >= 11 is 0. The van der Waals surface area contributed by atoms with Crippen molar-refractivity contribution in [3.8, 4) is 6.07 Å². The molecule has 4 nitrogen and oxygen atoms in total. The Morgan fingerprint density at radius 3 is 2.89 bits per heavy atom. The van der Waals surface area contributed by atoms with Crippen molar-refractivity contribution in [2.45, 2.75) is 50.9 Å². The topological polar surface area (TPSA) is 62.5 Å². The Morgan fingerprint density at radius 1 is 1.53 bits per heavy atom. The molecule has 3 atom stereocenters. The van der Waals surface area contributed by atoms with Crippen LogP contribution in [0.4, 0.5) is 0 Å². The molecule has 1 spiro atoms. The lowest BCUT2D eigenvalue weighted by atomic mass is 9.73. The van der Waals surface area contributed by atoms with Crippen LogP contribution in [0.5, 0.6) is 0 Å². The van der Waals surface area contributed by atoms with Crippen molar-refractivity contribution in [1.29, 1.82) is 5.26 Å². The van der Waals surface area contributed by atoms with Gasteiger partial charge in [-0.05, 0) is 31.8 Å². The SMILES string of the molecule is CCOC(O)C(C#N)C12C=C1COC1(CCCC1)C2. The Labute approximate surface area is 114 Å². The first kappa shape index (κ1) is 13.1. The lowest BCUT2D eigenvalue weighted by Crippen LogP contribution is -2.44. The van der Waals surface area contributed by atoms with E-state index < -0.39 is 12.2 Å². The molecule has 1 saturated heterocycles. The zero-order valence-electron chi connectivity index (χ0n) is 11.4. The second kappa shape index (κ2) is 4.59. The van der Waals surface area contributed by atoms with E-state index in [1.165, 1.54) is 18.4 Å². The summed E-state index contributed by atoms with van der Waals surface area (Å²) in [5, 5.41) is 19.5. The minimum atomic E-state index is -1.000. The molecule has 0 radical (unpaired) electrons. The zero-order valence-corrected chi connectivity index (χ0v) is 11.4. The molecule has 19 heavy (non-hydrogen) atoms. The predicted octanol–water partition coefficient (Wildman–Crippen LogP) is 2.14. The third-order valence-corrected chi connectivity index (χ3v) is 4.93. The quantitative estimate of drug-likeness (QED) is 0.623. The molecule has 3 aliphatic rings. The highest BCUT2D eigenvalue weighted by Gasteiger charge is 2.60. The van der Waals surface area contributed by atoms with Crippen LogP contribution >= 0.6 is 0 Å². The van der Waals surface area contributed by atoms with Crippen LogP contribution in [-0.2, 0) is 9.47 Å². The maximum Gasteiger partial charge on any atom is 0.171 e. The molecule has 4 heteroatoms. The van der Waals surface area contributed by atoms with E-state index in [-0.39, 0.29) is 11.0 Å². The first-order valence-electron chi connectivity index (χ1n) is 7.21. The van der Waals surface area contributed by atoms with Crippen molar-refractivity contribution in [1.82, 2.24) is 0 Å². The molecular formula is C15H21NO3. The molecule has 0 bridgehead atoms. The van der Waals surface area contributed by atoms with Gasteiger partial charge in [0.1, 0.15) is 5.92 Å². The normalized spacial score (nSPS) is 34.3. The maximum atomic E-state index is 10.1. The minimum absolute atomic E-state index is 0.0580. The Kier molecular flexibility index (Phi) is 3.17. The summed E-state index contributed by atoms with van der Waals surface area (Å²) in [6.45, 7) is 2.88. The smallest absolute Gasteiger partial charge is 0.171 e. The van der Waals surface area contributed by atoms with Crippen molar-refractivity contribution in [3.63, 3.8) is 0 Å². The van der Waals surface area contributed by atoms with Gasteiger partial charge < -0.3 is 14.6 Å². The number of hydrogen-bond donors (Lipinski definition) is 1. The van der Waals surface area contributed by atoms with E-state index >= 15 is 0 Å². The predicted molar refractivity (Wildman–Crippen MR) is 69.0 cm³/mol. The first-order chi connectivity index (χ1) is 9.16. The van der Waals surface area contributed by atoms with Gasteiger partial charge in [-0.3, -0.25) is 0 Å². The Balaban J connectivity index is 1.78. The molecule has 0 aromatic heterocycles. The van der Waals surface area contributed by atoms with Crippen LogP contribution in [0.15, 0.2) is 11.6 Å². The molecule has 2 aliphatic carbocycles. The van der Waals surface area contributed by atoms with Crippen molar-refractivity contribution < 1.29 is 14.6 Å². The number of rotatable bonds is 4. The monoisotopic (exact) mass is 263 g/mol. The number of aliphatic hydroxyl groups is 1. The van der Waals surface area contributed by atoms with Crippen molar-refractivity contribution in [2.24, 2.45) is 11.3 Å². The van der Waals surface area contributed by atoms with E-state index in [1.807, 2.05) is 6.92 Å². The highest BCUT2D eigenvalue weighted by Crippen LogP contribution is 2.62. The largest absolute Gasteiger partial charge is 0.371 e. The van der Waals surface area contributed by atoms with E-state index in [4.69, 9.17) is 9.47 Å². The summed E-state index contributed by atoms with van der Waals surface area (Å²) < 4.78 is 11.3. The molecule has 0 aromatic carbocycles. The van der Waals surface area contributed by atoms with Gasteiger partial charge in [0.05, 0.1) is 18.3 Å². The molecule has 0 aromatic rings. The number of nitriles is 1. The molecule has 2 fully saturated rings. The first-order valence-corrected chi connectivity index (χ1v) is 7.21. The fourth-order valence-corrected chi connectivity index (χ4v) is 3.87. The summed E-state index contributed by atoms with van der Waals surface area (Å²) in [5.74, 6) is -0.496. The molecule has 1 heterocycles. The van der Waals surface area contributed by atoms with Gasteiger partial charge in [-0.25, -0.2) is 0 Å². The molecule has 1 N–H and O–H groups in total.